The minimum absolute atomic E-state index is 0.400. The van der Waals surface area contributed by atoms with Gasteiger partial charge in [-0.1, -0.05) is 12.1 Å². The SMILES string of the molecule is CNC(CCN(C)C)c1ccc2ncccc2c1. The molecular formula is C15H21N3. The van der Waals surface area contributed by atoms with Gasteiger partial charge in [-0.05, 0) is 57.9 Å². The highest BCUT2D eigenvalue weighted by Gasteiger charge is 2.10. The van der Waals surface area contributed by atoms with E-state index in [1.807, 2.05) is 19.3 Å². The summed E-state index contributed by atoms with van der Waals surface area (Å²) in [5.41, 5.74) is 2.39. The summed E-state index contributed by atoms with van der Waals surface area (Å²) in [6, 6.07) is 11.0. The average molecular weight is 243 g/mol. The van der Waals surface area contributed by atoms with E-state index in [4.69, 9.17) is 0 Å². The lowest BCUT2D eigenvalue weighted by atomic mass is 10.0. The molecule has 0 radical (unpaired) electrons. The molecule has 0 bridgehead atoms. The molecule has 2 aromatic rings. The van der Waals surface area contributed by atoms with Gasteiger partial charge in [-0.3, -0.25) is 4.98 Å². The number of rotatable bonds is 5. The van der Waals surface area contributed by atoms with Crippen LogP contribution in [0, 0.1) is 0 Å². The smallest absolute Gasteiger partial charge is 0.0702 e. The number of aromatic nitrogens is 1. The summed E-state index contributed by atoms with van der Waals surface area (Å²) in [7, 11) is 6.24. The maximum absolute atomic E-state index is 4.35. The Morgan fingerprint density at radius 2 is 2.11 bits per heavy atom. The molecule has 0 aliphatic carbocycles. The molecule has 0 spiro atoms. The van der Waals surface area contributed by atoms with Gasteiger partial charge in [0.2, 0.25) is 0 Å². The van der Waals surface area contributed by atoms with Gasteiger partial charge in [0.15, 0.2) is 0 Å². The Hall–Kier alpha value is -1.45. The lowest BCUT2D eigenvalue weighted by Crippen LogP contribution is -2.22. The van der Waals surface area contributed by atoms with E-state index in [1.54, 1.807) is 0 Å². The minimum atomic E-state index is 0.400. The first-order valence-corrected chi connectivity index (χ1v) is 6.37. The number of pyridine rings is 1. The van der Waals surface area contributed by atoms with Gasteiger partial charge in [-0.25, -0.2) is 0 Å². The van der Waals surface area contributed by atoms with E-state index in [9.17, 15) is 0 Å². The fraction of sp³-hybridized carbons (Fsp3) is 0.400. The van der Waals surface area contributed by atoms with E-state index in [-0.39, 0.29) is 0 Å². The zero-order valence-corrected chi connectivity index (χ0v) is 11.4. The first-order chi connectivity index (χ1) is 8.70. The Kier molecular flexibility index (Phi) is 4.28. The zero-order valence-electron chi connectivity index (χ0n) is 11.4. The molecule has 0 aliphatic heterocycles. The van der Waals surface area contributed by atoms with Crippen LogP contribution in [0.5, 0.6) is 0 Å². The molecule has 3 heteroatoms. The molecule has 1 aromatic carbocycles. The molecule has 0 aliphatic rings. The second-order valence-electron chi connectivity index (χ2n) is 4.89. The van der Waals surface area contributed by atoms with Gasteiger partial charge >= 0.3 is 0 Å². The molecule has 3 nitrogen and oxygen atoms in total. The standard InChI is InChI=1S/C15H21N3/c1-16-14(8-10-18(2)3)13-6-7-15-12(11-13)5-4-9-17-15/h4-7,9,11,14,16H,8,10H2,1-3H3. The molecule has 1 unspecified atom stereocenters. The average Bonchev–Trinajstić information content (AvgIpc) is 2.39. The summed E-state index contributed by atoms with van der Waals surface area (Å²) < 4.78 is 0. The lowest BCUT2D eigenvalue weighted by molar-refractivity contribution is 0.368. The van der Waals surface area contributed by atoms with Gasteiger partial charge < -0.3 is 10.2 Å². The third-order valence-electron chi connectivity index (χ3n) is 3.24. The van der Waals surface area contributed by atoms with Crippen molar-refractivity contribution in [1.82, 2.24) is 15.2 Å². The van der Waals surface area contributed by atoms with E-state index < -0.39 is 0 Å². The number of benzene rings is 1. The number of fused-ring (bicyclic) bond motifs is 1. The second kappa shape index (κ2) is 5.94. The van der Waals surface area contributed by atoms with Crippen molar-refractivity contribution >= 4 is 10.9 Å². The van der Waals surface area contributed by atoms with Crippen molar-refractivity contribution in [1.29, 1.82) is 0 Å². The van der Waals surface area contributed by atoms with Crippen molar-refractivity contribution in [3.8, 4) is 0 Å². The van der Waals surface area contributed by atoms with Gasteiger partial charge in [0.05, 0.1) is 5.52 Å². The normalized spacial score (nSPS) is 13.1. The molecule has 1 aromatic heterocycles. The van der Waals surface area contributed by atoms with Crippen molar-refractivity contribution < 1.29 is 0 Å². The monoisotopic (exact) mass is 243 g/mol. The molecular weight excluding hydrogens is 222 g/mol. The molecule has 96 valence electrons. The molecule has 0 amide bonds. The van der Waals surface area contributed by atoms with Crippen LogP contribution in [0.15, 0.2) is 36.5 Å². The van der Waals surface area contributed by atoms with E-state index in [1.165, 1.54) is 10.9 Å². The van der Waals surface area contributed by atoms with Gasteiger partial charge in [-0.15, -0.1) is 0 Å². The highest BCUT2D eigenvalue weighted by atomic mass is 15.1. The Morgan fingerprint density at radius 3 is 2.83 bits per heavy atom. The van der Waals surface area contributed by atoms with Crippen LogP contribution in [0.4, 0.5) is 0 Å². The van der Waals surface area contributed by atoms with Crippen LogP contribution in [-0.2, 0) is 0 Å². The van der Waals surface area contributed by atoms with Crippen LogP contribution in [0.2, 0.25) is 0 Å². The third-order valence-corrected chi connectivity index (χ3v) is 3.24. The molecule has 0 fully saturated rings. The summed E-state index contributed by atoms with van der Waals surface area (Å²) in [6.45, 7) is 1.08. The lowest BCUT2D eigenvalue weighted by Gasteiger charge is -2.19. The van der Waals surface area contributed by atoms with Gasteiger partial charge in [0, 0.05) is 17.6 Å². The summed E-state index contributed by atoms with van der Waals surface area (Å²) in [6.07, 6.45) is 2.94. The Bertz CT molecular complexity index is 508. The molecule has 0 saturated carbocycles. The third kappa shape index (κ3) is 3.06. The van der Waals surface area contributed by atoms with E-state index >= 15 is 0 Å². The summed E-state index contributed by atoms with van der Waals surface area (Å²) in [5, 5.41) is 4.60. The molecule has 2 rings (SSSR count). The number of hydrogen-bond donors (Lipinski definition) is 1. The molecule has 0 saturated heterocycles. The minimum Gasteiger partial charge on any atom is -0.313 e. The topological polar surface area (TPSA) is 28.2 Å². The fourth-order valence-electron chi connectivity index (χ4n) is 2.18. The van der Waals surface area contributed by atoms with Crippen molar-refractivity contribution in [3.63, 3.8) is 0 Å². The van der Waals surface area contributed by atoms with Gasteiger partial charge in [-0.2, -0.15) is 0 Å². The van der Waals surface area contributed by atoms with Gasteiger partial charge in [0.1, 0.15) is 0 Å². The highest BCUT2D eigenvalue weighted by Crippen LogP contribution is 2.21. The maximum Gasteiger partial charge on any atom is 0.0702 e. The summed E-state index contributed by atoms with van der Waals surface area (Å²) in [5.74, 6) is 0. The predicted molar refractivity (Wildman–Crippen MR) is 76.7 cm³/mol. The molecule has 1 heterocycles. The van der Waals surface area contributed by atoms with Crippen molar-refractivity contribution in [2.24, 2.45) is 0 Å². The van der Waals surface area contributed by atoms with Crippen LogP contribution >= 0.6 is 0 Å². The van der Waals surface area contributed by atoms with Gasteiger partial charge in [0.25, 0.3) is 0 Å². The van der Waals surface area contributed by atoms with Crippen LogP contribution in [-0.4, -0.2) is 37.6 Å². The summed E-state index contributed by atoms with van der Waals surface area (Å²) >= 11 is 0. The van der Waals surface area contributed by atoms with Crippen LogP contribution in [0.25, 0.3) is 10.9 Å². The predicted octanol–water partition coefficient (Wildman–Crippen LogP) is 2.45. The fourth-order valence-corrected chi connectivity index (χ4v) is 2.18. The molecule has 18 heavy (non-hydrogen) atoms. The second-order valence-corrected chi connectivity index (χ2v) is 4.89. The van der Waals surface area contributed by atoms with E-state index in [0.29, 0.717) is 6.04 Å². The maximum atomic E-state index is 4.35. The largest absolute Gasteiger partial charge is 0.313 e. The van der Waals surface area contributed by atoms with Crippen molar-refractivity contribution in [3.05, 3.63) is 42.1 Å². The van der Waals surface area contributed by atoms with E-state index in [0.717, 1.165) is 18.5 Å². The Balaban J connectivity index is 2.22. The molecule has 1 N–H and O–H groups in total. The zero-order chi connectivity index (χ0) is 13.0. The van der Waals surface area contributed by atoms with Crippen molar-refractivity contribution in [2.45, 2.75) is 12.5 Å². The van der Waals surface area contributed by atoms with Crippen LogP contribution in [0.1, 0.15) is 18.0 Å². The molecule has 1 atom stereocenters. The number of hydrogen-bond acceptors (Lipinski definition) is 3. The first-order valence-electron chi connectivity index (χ1n) is 6.37. The van der Waals surface area contributed by atoms with Crippen LogP contribution < -0.4 is 5.32 Å². The number of nitrogens with zero attached hydrogens (tertiary/aromatic N) is 2. The Labute approximate surface area is 109 Å². The van der Waals surface area contributed by atoms with Crippen molar-refractivity contribution in [2.75, 3.05) is 27.7 Å². The highest BCUT2D eigenvalue weighted by molar-refractivity contribution is 5.79. The Morgan fingerprint density at radius 1 is 1.28 bits per heavy atom. The van der Waals surface area contributed by atoms with E-state index in [2.05, 4.69) is 53.6 Å². The quantitative estimate of drug-likeness (QED) is 0.874. The summed E-state index contributed by atoms with van der Waals surface area (Å²) in [4.78, 5) is 6.57. The van der Waals surface area contributed by atoms with Crippen LogP contribution in [0.3, 0.4) is 0 Å². The first kappa shape index (κ1) is 13.0. The number of nitrogens with one attached hydrogen (secondary N) is 1.